The average Bonchev–Trinajstić information content (AvgIpc) is 2.84. The molecule has 0 aliphatic carbocycles. The molecule has 2 heterocycles. The van der Waals surface area contributed by atoms with Gasteiger partial charge in [0.1, 0.15) is 0 Å². The normalized spacial score (nSPS) is 11.4. The van der Waals surface area contributed by atoms with Crippen LogP contribution >= 0.6 is 11.6 Å². The van der Waals surface area contributed by atoms with Gasteiger partial charge in [-0.2, -0.15) is 4.40 Å². The SMILES string of the molecule is Clc1ccc2c3ccccc3c3cc(-c4ccccc4)cc(-c4ccccc4)[n+]3c2c1. The summed E-state index contributed by atoms with van der Waals surface area (Å²) in [5.74, 6) is 0. The van der Waals surface area contributed by atoms with Gasteiger partial charge in [0.25, 0.3) is 0 Å². The molecule has 0 aliphatic heterocycles. The fourth-order valence-electron chi connectivity index (χ4n) is 4.53. The van der Waals surface area contributed by atoms with Gasteiger partial charge in [0, 0.05) is 34.2 Å². The van der Waals surface area contributed by atoms with Gasteiger partial charge < -0.3 is 0 Å². The second-order valence-electron chi connectivity index (χ2n) is 7.79. The number of rotatable bonds is 2. The molecule has 0 aliphatic rings. The summed E-state index contributed by atoms with van der Waals surface area (Å²) in [6, 6.07) is 40.5. The second kappa shape index (κ2) is 7.23. The molecule has 0 atom stereocenters. The van der Waals surface area contributed by atoms with Gasteiger partial charge >= 0.3 is 0 Å². The van der Waals surface area contributed by atoms with Crippen molar-refractivity contribution in [3.8, 4) is 22.4 Å². The van der Waals surface area contributed by atoms with E-state index in [1.165, 1.54) is 38.4 Å². The van der Waals surface area contributed by atoms with E-state index in [9.17, 15) is 0 Å². The van der Waals surface area contributed by atoms with Crippen LogP contribution in [0.2, 0.25) is 5.02 Å². The molecule has 0 fully saturated rings. The fraction of sp³-hybridized carbons (Fsp3) is 0. The molecule has 0 saturated carbocycles. The lowest BCUT2D eigenvalue weighted by Crippen LogP contribution is -2.27. The summed E-state index contributed by atoms with van der Waals surface area (Å²) in [7, 11) is 0. The number of nitrogens with zero attached hydrogens (tertiary/aromatic N) is 1. The summed E-state index contributed by atoms with van der Waals surface area (Å²) in [6.07, 6.45) is 0. The topological polar surface area (TPSA) is 4.10 Å². The highest BCUT2D eigenvalue weighted by atomic mass is 35.5. The summed E-state index contributed by atoms with van der Waals surface area (Å²) >= 11 is 6.48. The van der Waals surface area contributed by atoms with E-state index in [0.717, 1.165) is 16.2 Å². The Morgan fingerprint density at radius 2 is 1.03 bits per heavy atom. The third-order valence-electron chi connectivity index (χ3n) is 5.94. The van der Waals surface area contributed by atoms with Gasteiger partial charge in [-0.1, -0.05) is 78.3 Å². The van der Waals surface area contributed by atoms with Crippen molar-refractivity contribution in [3.63, 3.8) is 0 Å². The molecule has 0 saturated heterocycles. The number of pyridine rings is 2. The Morgan fingerprint density at radius 3 is 1.77 bits per heavy atom. The third kappa shape index (κ3) is 2.98. The lowest BCUT2D eigenvalue weighted by atomic mass is 9.98. The van der Waals surface area contributed by atoms with Gasteiger partial charge in [0.15, 0.2) is 0 Å². The minimum Gasteiger partial charge on any atom is -0.152 e. The van der Waals surface area contributed by atoms with Gasteiger partial charge in [-0.05, 0) is 41.5 Å². The van der Waals surface area contributed by atoms with Crippen LogP contribution in [0.4, 0.5) is 0 Å². The summed E-state index contributed by atoms with van der Waals surface area (Å²) in [5.41, 5.74) is 7.01. The molecule has 1 nitrogen and oxygen atoms in total. The van der Waals surface area contributed by atoms with Crippen LogP contribution in [0.15, 0.2) is 115 Å². The molecule has 31 heavy (non-hydrogen) atoms. The minimum atomic E-state index is 0.739. The minimum absolute atomic E-state index is 0.739. The Bertz CT molecular complexity index is 1570. The number of hydrogen-bond acceptors (Lipinski definition) is 0. The highest BCUT2D eigenvalue weighted by Crippen LogP contribution is 2.33. The maximum absolute atomic E-state index is 6.48. The third-order valence-corrected chi connectivity index (χ3v) is 6.17. The number of halogens is 1. The molecule has 0 bridgehead atoms. The Morgan fingerprint density at radius 1 is 0.452 bits per heavy atom. The molecule has 2 heteroatoms. The first-order valence-electron chi connectivity index (χ1n) is 10.4. The predicted molar refractivity (Wildman–Crippen MR) is 130 cm³/mol. The smallest absolute Gasteiger partial charge is 0.152 e. The van der Waals surface area contributed by atoms with Crippen LogP contribution in [0.5, 0.6) is 0 Å². The van der Waals surface area contributed by atoms with Gasteiger partial charge in [0.2, 0.25) is 16.7 Å². The maximum Gasteiger partial charge on any atom is 0.221 e. The van der Waals surface area contributed by atoms with Crippen molar-refractivity contribution in [1.82, 2.24) is 0 Å². The first kappa shape index (κ1) is 18.1. The first-order valence-corrected chi connectivity index (χ1v) is 10.8. The molecule has 4 aromatic carbocycles. The Labute approximate surface area is 185 Å². The summed E-state index contributed by atoms with van der Waals surface area (Å²) in [5, 5.41) is 4.40. The van der Waals surface area contributed by atoms with E-state index in [2.05, 4.69) is 114 Å². The monoisotopic (exact) mass is 416 g/mol. The molecule has 0 amide bonds. The van der Waals surface area contributed by atoms with E-state index in [4.69, 9.17) is 11.6 Å². The second-order valence-corrected chi connectivity index (χ2v) is 8.23. The number of benzene rings is 4. The van der Waals surface area contributed by atoms with Crippen LogP contribution in [0, 0.1) is 0 Å². The van der Waals surface area contributed by atoms with E-state index < -0.39 is 0 Å². The number of hydrogen-bond donors (Lipinski definition) is 0. The Balaban J connectivity index is 1.88. The summed E-state index contributed by atoms with van der Waals surface area (Å²) in [4.78, 5) is 0. The molecule has 0 N–H and O–H groups in total. The lowest BCUT2D eigenvalue weighted by Gasteiger charge is -2.11. The highest BCUT2D eigenvalue weighted by Gasteiger charge is 2.22. The van der Waals surface area contributed by atoms with Crippen molar-refractivity contribution < 1.29 is 4.40 Å². The van der Waals surface area contributed by atoms with Gasteiger partial charge in [0.05, 0.1) is 10.8 Å². The van der Waals surface area contributed by atoms with Crippen LogP contribution in [-0.4, -0.2) is 0 Å². The molecule has 2 aromatic heterocycles. The number of fused-ring (bicyclic) bond motifs is 6. The van der Waals surface area contributed by atoms with Crippen molar-refractivity contribution in [2.45, 2.75) is 0 Å². The molecular formula is C29H19ClN+. The zero-order chi connectivity index (χ0) is 20.8. The van der Waals surface area contributed by atoms with E-state index in [1.807, 2.05) is 6.07 Å². The van der Waals surface area contributed by atoms with Crippen molar-refractivity contribution >= 4 is 38.8 Å². The van der Waals surface area contributed by atoms with Crippen LogP contribution in [0.1, 0.15) is 0 Å². The van der Waals surface area contributed by atoms with E-state index >= 15 is 0 Å². The summed E-state index contributed by atoms with van der Waals surface area (Å²) in [6.45, 7) is 0. The van der Waals surface area contributed by atoms with Crippen LogP contribution in [-0.2, 0) is 0 Å². The average molecular weight is 417 g/mol. The van der Waals surface area contributed by atoms with E-state index in [-0.39, 0.29) is 0 Å². The molecular weight excluding hydrogens is 398 g/mol. The quantitative estimate of drug-likeness (QED) is 0.201. The Hall–Kier alpha value is -3.68. The molecule has 0 unspecified atom stereocenters. The zero-order valence-corrected chi connectivity index (χ0v) is 17.6. The highest BCUT2D eigenvalue weighted by molar-refractivity contribution is 6.31. The molecule has 6 rings (SSSR count). The van der Waals surface area contributed by atoms with Gasteiger partial charge in [-0.15, -0.1) is 0 Å². The number of aromatic nitrogens is 1. The Kier molecular flexibility index (Phi) is 4.22. The van der Waals surface area contributed by atoms with Crippen molar-refractivity contribution in [1.29, 1.82) is 0 Å². The zero-order valence-electron chi connectivity index (χ0n) is 16.8. The molecule has 0 spiro atoms. The predicted octanol–water partition coefficient (Wildman–Crippen LogP) is 7.72. The standard InChI is InChI=1S/C29H19ClN/c30-23-15-16-26-24-13-7-8-14-25(24)28-18-22(20-9-3-1-4-10-20)17-27(31(28)29(26)19-23)21-11-5-2-6-12-21/h1-19H/q+1. The summed E-state index contributed by atoms with van der Waals surface area (Å²) < 4.78 is 2.35. The lowest BCUT2D eigenvalue weighted by molar-refractivity contribution is -0.467. The maximum atomic E-state index is 6.48. The van der Waals surface area contributed by atoms with Crippen LogP contribution in [0.3, 0.4) is 0 Å². The van der Waals surface area contributed by atoms with Crippen LogP contribution in [0.25, 0.3) is 49.6 Å². The van der Waals surface area contributed by atoms with E-state index in [0.29, 0.717) is 0 Å². The van der Waals surface area contributed by atoms with Gasteiger partial charge in [-0.25, -0.2) is 0 Å². The van der Waals surface area contributed by atoms with Crippen molar-refractivity contribution in [2.75, 3.05) is 0 Å². The van der Waals surface area contributed by atoms with Crippen molar-refractivity contribution in [3.05, 3.63) is 120 Å². The fourth-order valence-corrected chi connectivity index (χ4v) is 4.70. The van der Waals surface area contributed by atoms with E-state index in [1.54, 1.807) is 0 Å². The van der Waals surface area contributed by atoms with Crippen LogP contribution < -0.4 is 4.40 Å². The largest absolute Gasteiger partial charge is 0.221 e. The van der Waals surface area contributed by atoms with Gasteiger partial charge in [-0.3, -0.25) is 0 Å². The molecule has 0 radical (unpaired) electrons. The molecule has 146 valence electrons. The first-order chi connectivity index (χ1) is 15.3. The molecule has 6 aromatic rings. The van der Waals surface area contributed by atoms with Crippen molar-refractivity contribution in [2.24, 2.45) is 0 Å².